The zero-order chi connectivity index (χ0) is 12.7. The van der Waals surface area contributed by atoms with Crippen LogP contribution in [0.4, 0.5) is 4.39 Å². The standard InChI is InChI=1S/C13H18FNO2/c1-3-13(16)15-8-4-5-10-9-11(17-2)6-7-12(10)14/h6-7,9H,3-5,8H2,1-2H3,(H,15,16). The van der Waals surface area contributed by atoms with Gasteiger partial charge in [-0.1, -0.05) is 6.92 Å². The summed E-state index contributed by atoms with van der Waals surface area (Å²) in [4.78, 5) is 11.0. The fraction of sp³-hybridized carbons (Fsp3) is 0.462. The minimum atomic E-state index is -0.229. The molecule has 0 saturated heterocycles. The molecule has 0 unspecified atom stereocenters. The van der Waals surface area contributed by atoms with Crippen LogP contribution in [0, 0.1) is 5.82 Å². The monoisotopic (exact) mass is 239 g/mol. The van der Waals surface area contributed by atoms with Crippen molar-refractivity contribution in [3.63, 3.8) is 0 Å². The van der Waals surface area contributed by atoms with Crippen molar-refractivity contribution >= 4 is 5.91 Å². The highest BCUT2D eigenvalue weighted by Gasteiger charge is 2.04. The molecule has 0 saturated carbocycles. The number of benzene rings is 1. The second kappa shape index (κ2) is 6.89. The number of nitrogens with one attached hydrogen (secondary N) is 1. The third-order valence-corrected chi connectivity index (χ3v) is 2.52. The lowest BCUT2D eigenvalue weighted by atomic mass is 10.1. The van der Waals surface area contributed by atoms with Crippen LogP contribution in [0.2, 0.25) is 0 Å². The van der Waals surface area contributed by atoms with Crippen LogP contribution in [-0.4, -0.2) is 19.6 Å². The Morgan fingerprint density at radius 3 is 2.88 bits per heavy atom. The van der Waals surface area contributed by atoms with Crippen molar-refractivity contribution in [2.24, 2.45) is 0 Å². The average molecular weight is 239 g/mol. The van der Waals surface area contributed by atoms with E-state index in [0.717, 1.165) is 6.42 Å². The highest BCUT2D eigenvalue weighted by molar-refractivity contribution is 5.75. The van der Waals surface area contributed by atoms with Crippen molar-refractivity contribution in [2.45, 2.75) is 26.2 Å². The first-order valence-corrected chi connectivity index (χ1v) is 5.76. The van der Waals surface area contributed by atoms with E-state index in [1.54, 1.807) is 26.2 Å². The van der Waals surface area contributed by atoms with Crippen LogP contribution in [0.5, 0.6) is 5.75 Å². The Labute approximate surface area is 101 Å². The first-order valence-electron chi connectivity index (χ1n) is 5.76. The maximum Gasteiger partial charge on any atom is 0.219 e. The van der Waals surface area contributed by atoms with Crippen molar-refractivity contribution in [1.29, 1.82) is 0 Å². The topological polar surface area (TPSA) is 38.3 Å². The zero-order valence-electron chi connectivity index (χ0n) is 10.3. The molecule has 0 atom stereocenters. The van der Waals surface area contributed by atoms with Crippen molar-refractivity contribution in [3.05, 3.63) is 29.6 Å². The van der Waals surface area contributed by atoms with Gasteiger partial charge in [0.05, 0.1) is 7.11 Å². The Bertz CT molecular complexity index is 380. The lowest BCUT2D eigenvalue weighted by molar-refractivity contribution is -0.120. The van der Waals surface area contributed by atoms with Gasteiger partial charge in [0.2, 0.25) is 5.91 Å². The number of amides is 1. The van der Waals surface area contributed by atoms with E-state index >= 15 is 0 Å². The Hall–Kier alpha value is -1.58. The number of hydrogen-bond acceptors (Lipinski definition) is 2. The molecule has 1 aromatic carbocycles. The highest BCUT2D eigenvalue weighted by atomic mass is 19.1. The summed E-state index contributed by atoms with van der Waals surface area (Å²) in [6, 6.07) is 4.69. The first kappa shape index (κ1) is 13.5. The fourth-order valence-electron chi connectivity index (χ4n) is 1.50. The summed E-state index contributed by atoms with van der Waals surface area (Å²) in [6.45, 7) is 2.38. The molecule has 1 aromatic rings. The number of aryl methyl sites for hydroxylation is 1. The third kappa shape index (κ3) is 4.43. The smallest absolute Gasteiger partial charge is 0.219 e. The molecule has 0 aliphatic rings. The predicted octanol–water partition coefficient (Wildman–Crippen LogP) is 2.29. The SMILES string of the molecule is CCC(=O)NCCCc1cc(OC)ccc1F. The number of hydrogen-bond donors (Lipinski definition) is 1. The van der Waals surface area contributed by atoms with E-state index in [1.165, 1.54) is 6.07 Å². The lowest BCUT2D eigenvalue weighted by Crippen LogP contribution is -2.23. The summed E-state index contributed by atoms with van der Waals surface area (Å²) in [7, 11) is 1.55. The summed E-state index contributed by atoms with van der Waals surface area (Å²) < 4.78 is 18.5. The first-order chi connectivity index (χ1) is 8.17. The van der Waals surface area contributed by atoms with Crippen LogP contribution in [0.25, 0.3) is 0 Å². The van der Waals surface area contributed by atoms with Gasteiger partial charge in [-0.25, -0.2) is 4.39 Å². The Morgan fingerprint density at radius 2 is 2.24 bits per heavy atom. The minimum Gasteiger partial charge on any atom is -0.497 e. The quantitative estimate of drug-likeness (QED) is 0.773. The van der Waals surface area contributed by atoms with Crippen LogP contribution < -0.4 is 10.1 Å². The molecule has 0 radical (unpaired) electrons. The number of methoxy groups -OCH3 is 1. The minimum absolute atomic E-state index is 0.0242. The molecular weight excluding hydrogens is 221 g/mol. The molecular formula is C13H18FNO2. The van der Waals surface area contributed by atoms with Crippen LogP contribution in [0.15, 0.2) is 18.2 Å². The van der Waals surface area contributed by atoms with E-state index in [-0.39, 0.29) is 11.7 Å². The normalized spacial score (nSPS) is 10.1. The van der Waals surface area contributed by atoms with Gasteiger partial charge in [0.25, 0.3) is 0 Å². The van der Waals surface area contributed by atoms with E-state index in [4.69, 9.17) is 4.74 Å². The fourth-order valence-corrected chi connectivity index (χ4v) is 1.50. The van der Waals surface area contributed by atoms with Gasteiger partial charge in [-0.2, -0.15) is 0 Å². The lowest BCUT2D eigenvalue weighted by Gasteiger charge is -2.07. The van der Waals surface area contributed by atoms with E-state index in [2.05, 4.69) is 5.32 Å². The summed E-state index contributed by atoms with van der Waals surface area (Å²) >= 11 is 0. The molecule has 0 aliphatic heterocycles. The number of rotatable bonds is 6. The average Bonchev–Trinajstić information content (AvgIpc) is 2.36. The van der Waals surface area contributed by atoms with Gasteiger partial charge >= 0.3 is 0 Å². The molecule has 1 N–H and O–H groups in total. The maximum atomic E-state index is 13.4. The van der Waals surface area contributed by atoms with E-state index < -0.39 is 0 Å². The van der Waals surface area contributed by atoms with Gasteiger partial charge in [0.1, 0.15) is 11.6 Å². The highest BCUT2D eigenvalue weighted by Crippen LogP contribution is 2.17. The molecule has 17 heavy (non-hydrogen) atoms. The van der Waals surface area contributed by atoms with E-state index in [9.17, 15) is 9.18 Å². The second-order valence-electron chi connectivity index (χ2n) is 3.76. The molecule has 94 valence electrons. The molecule has 0 bridgehead atoms. The third-order valence-electron chi connectivity index (χ3n) is 2.52. The Kier molecular flexibility index (Phi) is 5.46. The van der Waals surface area contributed by atoms with Gasteiger partial charge in [0.15, 0.2) is 0 Å². The molecule has 4 heteroatoms. The molecule has 3 nitrogen and oxygen atoms in total. The molecule has 0 aromatic heterocycles. The Balaban J connectivity index is 2.43. The molecule has 0 spiro atoms. The van der Waals surface area contributed by atoms with Crippen LogP contribution in [0.1, 0.15) is 25.3 Å². The van der Waals surface area contributed by atoms with Gasteiger partial charge in [0, 0.05) is 13.0 Å². The second-order valence-corrected chi connectivity index (χ2v) is 3.76. The van der Waals surface area contributed by atoms with E-state index in [1.807, 2.05) is 0 Å². The molecule has 0 heterocycles. The summed E-state index contributed by atoms with van der Waals surface area (Å²) in [5.74, 6) is 0.447. The van der Waals surface area contributed by atoms with Gasteiger partial charge in [-0.15, -0.1) is 0 Å². The maximum absolute atomic E-state index is 13.4. The van der Waals surface area contributed by atoms with Crippen LogP contribution in [0.3, 0.4) is 0 Å². The number of carbonyl (C=O) groups is 1. The van der Waals surface area contributed by atoms with Crippen LogP contribution >= 0.6 is 0 Å². The number of ether oxygens (including phenoxy) is 1. The van der Waals surface area contributed by atoms with Crippen molar-refractivity contribution in [1.82, 2.24) is 5.32 Å². The molecule has 0 aliphatic carbocycles. The molecule has 0 fully saturated rings. The van der Waals surface area contributed by atoms with Gasteiger partial charge < -0.3 is 10.1 Å². The van der Waals surface area contributed by atoms with E-state index in [0.29, 0.717) is 30.7 Å². The van der Waals surface area contributed by atoms with Crippen molar-refractivity contribution < 1.29 is 13.9 Å². The zero-order valence-corrected chi connectivity index (χ0v) is 10.3. The Morgan fingerprint density at radius 1 is 1.47 bits per heavy atom. The summed E-state index contributed by atoms with van der Waals surface area (Å²) in [6.07, 6.45) is 1.79. The summed E-state index contributed by atoms with van der Waals surface area (Å²) in [5, 5.41) is 2.76. The molecule has 1 rings (SSSR count). The van der Waals surface area contributed by atoms with Gasteiger partial charge in [-0.3, -0.25) is 4.79 Å². The van der Waals surface area contributed by atoms with Gasteiger partial charge in [-0.05, 0) is 36.6 Å². The number of halogens is 1. The van der Waals surface area contributed by atoms with Crippen LogP contribution in [-0.2, 0) is 11.2 Å². The molecule has 1 amide bonds. The largest absolute Gasteiger partial charge is 0.497 e. The summed E-state index contributed by atoms with van der Waals surface area (Å²) in [5.41, 5.74) is 0.620. The number of carbonyl (C=O) groups excluding carboxylic acids is 1. The predicted molar refractivity (Wildman–Crippen MR) is 64.6 cm³/mol. The van der Waals surface area contributed by atoms with Crippen molar-refractivity contribution in [3.8, 4) is 5.75 Å². The van der Waals surface area contributed by atoms with Crippen molar-refractivity contribution in [2.75, 3.05) is 13.7 Å².